The first-order valence-electron chi connectivity index (χ1n) is 9.42. The predicted octanol–water partition coefficient (Wildman–Crippen LogP) is 6.70. The van der Waals surface area contributed by atoms with E-state index in [-0.39, 0.29) is 5.04 Å². The van der Waals surface area contributed by atoms with E-state index in [0.717, 1.165) is 40.2 Å². The second kappa shape index (κ2) is 6.81. The second-order valence-electron chi connectivity index (χ2n) is 9.15. The van der Waals surface area contributed by atoms with Crippen LogP contribution in [0.2, 0.25) is 18.1 Å². The van der Waals surface area contributed by atoms with E-state index >= 15 is 0 Å². The van der Waals surface area contributed by atoms with Gasteiger partial charge in [0.15, 0.2) is 8.32 Å². The molecular weight excluding hydrogens is 404 g/mol. The Morgan fingerprint density at radius 3 is 2.58 bits per heavy atom. The molecule has 1 saturated carbocycles. The molecule has 0 radical (unpaired) electrons. The molecule has 26 heavy (non-hydrogen) atoms. The van der Waals surface area contributed by atoms with Crippen molar-refractivity contribution in [1.29, 1.82) is 5.26 Å². The Morgan fingerprint density at radius 1 is 1.27 bits per heavy atom. The summed E-state index contributed by atoms with van der Waals surface area (Å²) < 4.78 is 10.1. The van der Waals surface area contributed by atoms with Gasteiger partial charge in [0.25, 0.3) is 0 Å². The summed E-state index contributed by atoms with van der Waals surface area (Å²) in [6, 6.07) is 6.92. The Bertz CT molecular complexity index is 873. The van der Waals surface area contributed by atoms with Crippen molar-refractivity contribution in [3.63, 3.8) is 0 Å². The maximum Gasteiger partial charge on any atom is 0.192 e. The molecule has 140 valence electrons. The van der Waals surface area contributed by atoms with Gasteiger partial charge in [-0.15, -0.1) is 0 Å². The number of aryl methyl sites for hydroxylation is 1. The molecule has 0 spiro atoms. The normalized spacial score (nSPS) is 21.3. The Balaban J connectivity index is 1.86. The number of fused-ring (bicyclic) bond motifs is 1. The van der Waals surface area contributed by atoms with Gasteiger partial charge in [0.2, 0.25) is 0 Å². The number of halogens is 1. The lowest BCUT2D eigenvalue weighted by molar-refractivity contribution is 0.183. The van der Waals surface area contributed by atoms with E-state index in [1.165, 1.54) is 5.52 Å². The number of hydrogen-bond acceptors (Lipinski definition) is 2. The van der Waals surface area contributed by atoms with Crippen molar-refractivity contribution in [3.05, 3.63) is 33.9 Å². The third-order valence-corrected chi connectivity index (χ3v) is 11.4. The van der Waals surface area contributed by atoms with Crippen LogP contribution < -0.4 is 0 Å². The van der Waals surface area contributed by atoms with E-state index in [0.29, 0.717) is 12.1 Å². The van der Waals surface area contributed by atoms with Gasteiger partial charge < -0.3 is 8.99 Å². The summed E-state index contributed by atoms with van der Waals surface area (Å²) in [5, 5.41) is 10.7. The summed E-state index contributed by atoms with van der Waals surface area (Å²) >= 11 is 3.69. The number of rotatable bonds is 3. The zero-order valence-electron chi connectivity index (χ0n) is 16.7. The molecule has 3 rings (SSSR count). The van der Waals surface area contributed by atoms with Crippen LogP contribution in [0.15, 0.2) is 22.8 Å². The largest absolute Gasteiger partial charge is 0.414 e. The van der Waals surface area contributed by atoms with Crippen molar-refractivity contribution < 1.29 is 4.43 Å². The molecule has 2 atom stereocenters. The van der Waals surface area contributed by atoms with E-state index in [2.05, 4.69) is 72.7 Å². The lowest BCUT2D eigenvalue weighted by atomic mass is 10.1. The fourth-order valence-corrected chi connectivity index (χ4v) is 5.59. The van der Waals surface area contributed by atoms with Crippen LogP contribution in [0.25, 0.3) is 10.9 Å². The van der Waals surface area contributed by atoms with E-state index in [4.69, 9.17) is 4.43 Å². The predicted molar refractivity (Wildman–Crippen MR) is 114 cm³/mol. The minimum Gasteiger partial charge on any atom is -0.414 e. The molecule has 0 amide bonds. The highest BCUT2D eigenvalue weighted by Crippen LogP contribution is 2.43. The topological polar surface area (TPSA) is 38.0 Å². The van der Waals surface area contributed by atoms with Gasteiger partial charge in [-0.05, 0) is 77.9 Å². The Kier molecular flexibility index (Phi) is 5.15. The molecule has 0 unspecified atom stereocenters. The smallest absolute Gasteiger partial charge is 0.192 e. The fourth-order valence-electron chi connectivity index (χ4n) is 3.65. The molecule has 1 fully saturated rings. The van der Waals surface area contributed by atoms with E-state index in [1.54, 1.807) is 0 Å². The van der Waals surface area contributed by atoms with Gasteiger partial charge in [0.1, 0.15) is 0 Å². The first-order chi connectivity index (χ1) is 12.0. The average molecular weight is 433 g/mol. The van der Waals surface area contributed by atoms with Gasteiger partial charge in [0, 0.05) is 33.7 Å². The highest BCUT2D eigenvalue weighted by molar-refractivity contribution is 9.10. The molecule has 0 saturated heterocycles. The lowest BCUT2D eigenvalue weighted by Gasteiger charge is -2.38. The Hall–Kier alpha value is -1.09. The quantitative estimate of drug-likeness (QED) is 0.505. The van der Waals surface area contributed by atoms with Gasteiger partial charge in [-0.1, -0.05) is 20.8 Å². The molecule has 1 heterocycles. The van der Waals surface area contributed by atoms with Crippen molar-refractivity contribution in [1.82, 2.24) is 4.57 Å². The maximum atomic E-state index is 9.31. The fraction of sp³-hybridized carbons (Fsp3) is 0.571. The van der Waals surface area contributed by atoms with Crippen molar-refractivity contribution in [2.24, 2.45) is 0 Å². The average Bonchev–Trinajstić information content (AvgIpc) is 3.10. The van der Waals surface area contributed by atoms with Crippen LogP contribution in [0.4, 0.5) is 0 Å². The summed E-state index contributed by atoms with van der Waals surface area (Å²) in [4.78, 5) is 0. The molecule has 0 bridgehead atoms. The number of benzene rings is 1. The summed E-state index contributed by atoms with van der Waals surface area (Å²) in [5.74, 6) is 0. The standard InChI is InChI=1S/C21H29BrN2OSi/c1-14-9-20-18(10-15(14)12-23)19(22)13-24(20)16-7-8-17(11-16)25-26(5,6)21(2,3)4/h9-10,13,16-17H,7-8,11H2,1-6H3/t16-,17-/m1/s1. The first kappa shape index (κ1) is 19.7. The number of nitrogens with zero attached hydrogens (tertiary/aromatic N) is 2. The van der Waals surface area contributed by atoms with Crippen LogP contribution >= 0.6 is 15.9 Å². The maximum absolute atomic E-state index is 9.31. The number of hydrogen-bond donors (Lipinski definition) is 0. The summed E-state index contributed by atoms with van der Waals surface area (Å²) in [6.45, 7) is 13.6. The third-order valence-electron chi connectivity index (χ3n) is 6.27. The zero-order chi connectivity index (χ0) is 19.3. The van der Waals surface area contributed by atoms with Crippen molar-refractivity contribution in [2.75, 3.05) is 0 Å². The van der Waals surface area contributed by atoms with E-state index in [9.17, 15) is 5.26 Å². The Morgan fingerprint density at radius 2 is 1.96 bits per heavy atom. The van der Waals surface area contributed by atoms with Crippen molar-refractivity contribution in [2.45, 2.75) is 77.2 Å². The molecule has 1 aliphatic carbocycles. The monoisotopic (exact) mass is 432 g/mol. The minimum absolute atomic E-state index is 0.249. The van der Waals surface area contributed by atoms with Crippen LogP contribution in [0.1, 0.15) is 57.2 Å². The minimum atomic E-state index is -1.72. The zero-order valence-corrected chi connectivity index (χ0v) is 19.3. The van der Waals surface area contributed by atoms with Crippen LogP contribution in [0.5, 0.6) is 0 Å². The SMILES string of the molecule is Cc1cc2c(cc1C#N)c(Br)cn2[C@@H]1CC[C@@H](O[Si](C)(C)C(C)(C)C)C1. The van der Waals surface area contributed by atoms with Gasteiger partial charge in [-0.2, -0.15) is 5.26 Å². The molecule has 3 nitrogen and oxygen atoms in total. The molecule has 0 N–H and O–H groups in total. The van der Waals surface area contributed by atoms with E-state index < -0.39 is 8.32 Å². The summed E-state index contributed by atoms with van der Waals surface area (Å²) in [7, 11) is -1.72. The van der Waals surface area contributed by atoms with Gasteiger partial charge in [-0.25, -0.2) is 0 Å². The van der Waals surface area contributed by atoms with Crippen LogP contribution in [-0.4, -0.2) is 19.0 Å². The van der Waals surface area contributed by atoms with Gasteiger partial charge >= 0.3 is 0 Å². The lowest BCUT2D eigenvalue weighted by Crippen LogP contribution is -2.43. The molecule has 2 aromatic rings. The van der Waals surface area contributed by atoms with Crippen molar-refractivity contribution >= 4 is 35.2 Å². The number of nitriles is 1. The first-order valence-corrected chi connectivity index (χ1v) is 13.1. The van der Waals surface area contributed by atoms with Gasteiger partial charge in [-0.3, -0.25) is 0 Å². The highest BCUT2D eigenvalue weighted by Gasteiger charge is 2.41. The molecule has 1 aromatic heterocycles. The summed E-state index contributed by atoms with van der Waals surface area (Å²) in [5.41, 5.74) is 3.01. The van der Waals surface area contributed by atoms with E-state index in [1.807, 2.05) is 13.0 Å². The van der Waals surface area contributed by atoms with Crippen LogP contribution in [0, 0.1) is 18.3 Å². The van der Waals surface area contributed by atoms with Gasteiger partial charge in [0.05, 0.1) is 11.6 Å². The highest BCUT2D eigenvalue weighted by atomic mass is 79.9. The molecule has 1 aliphatic rings. The summed E-state index contributed by atoms with van der Waals surface area (Å²) in [6.07, 6.45) is 5.89. The van der Waals surface area contributed by atoms with Crippen LogP contribution in [-0.2, 0) is 4.43 Å². The Labute approximate surface area is 166 Å². The molecule has 5 heteroatoms. The molecule has 1 aromatic carbocycles. The van der Waals surface area contributed by atoms with Crippen molar-refractivity contribution in [3.8, 4) is 6.07 Å². The molecule has 0 aliphatic heterocycles. The second-order valence-corrected chi connectivity index (χ2v) is 14.8. The molecular formula is C21H29BrN2OSi. The third kappa shape index (κ3) is 3.52. The van der Waals surface area contributed by atoms with Crippen LogP contribution in [0.3, 0.4) is 0 Å². The number of aromatic nitrogens is 1.